The lowest BCUT2D eigenvalue weighted by Crippen LogP contribution is -2.02. The number of benzene rings is 10. The lowest BCUT2D eigenvalue weighted by atomic mass is 9.81. The topological polar surface area (TPSA) is 33.1 Å². The van der Waals surface area contributed by atoms with Crippen LogP contribution in [0.3, 0.4) is 0 Å². The highest BCUT2D eigenvalue weighted by molar-refractivity contribution is 6.05. The Balaban J connectivity index is 1.01. The lowest BCUT2D eigenvalue weighted by Gasteiger charge is -2.22. The van der Waals surface area contributed by atoms with Gasteiger partial charge in [-0.2, -0.15) is 0 Å². The Hall–Kier alpha value is -8.43. The van der Waals surface area contributed by atoms with E-state index in [0.29, 0.717) is 6.42 Å². The number of nitrogens with zero attached hydrogens (tertiary/aromatic N) is 1. The molecule has 1 heterocycles. The summed E-state index contributed by atoms with van der Waals surface area (Å²) in [6.45, 7) is 2.19. The van der Waals surface area contributed by atoms with E-state index in [1.165, 1.54) is 49.7 Å². The van der Waals surface area contributed by atoms with Crippen molar-refractivity contribution in [3.63, 3.8) is 0 Å². The molecule has 1 aliphatic rings. The number of pyridine rings is 1. The molecule has 0 bridgehead atoms. The second-order valence-corrected chi connectivity index (χ2v) is 18.3. The van der Waals surface area contributed by atoms with Crippen LogP contribution in [0, 0.1) is 6.92 Å². The molecule has 2 nitrogen and oxygen atoms in total. The van der Waals surface area contributed by atoms with Crippen LogP contribution in [0.2, 0.25) is 0 Å². The van der Waals surface area contributed by atoms with Gasteiger partial charge in [0, 0.05) is 11.1 Å². The number of aromatic nitrogens is 1. The van der Waals surface area contributed by atoms with Gasteiger partial charge in [0.1, 0.15) is 0 Å². The van der Waals surface area contributed by atoms with E-state index >= 15 is 0 Å². The van der Waals surface area contributed by atoms with Gasteiger partial charge in [0.05, 0.1) is 17.5 Å². The van der Waals surface area contributed by atoms with Crippen LogP contribution < -0.4 is 0 Å². The van der Waals surface area contributed by atoms with E-state index in [4.69, 9.17) is 4.98 Å². The molecule has 0 spiro atoms. The summed E-state index contributed by atoms with van der Waals surface area (Å²) < 4.78 is 0. The first-order valence-corrected chi connectivity index (χ1v) is 24.0. The zero-order chi connectivity index (χ0) is 46.3. The fourth-order valence-corrected chi connectivity index (χ4v) is 10.6. The standard InChI is InChI=1S/C67H49NO/c1-44-61(48-35-33-46(34-36-48)45-17-4-2-5-18-45)43-64(68-67(44)49-20-6-3-7-21-49)55-27-15-25-51(40-55)50-24-14-26-54(39-50)57-31-16-32-60-56-28-11-10-19-47(56)37-38-65(69)59-30-13-12-29-58(59)62-41-52-22-8-9-23-53(52)42-63(62)66(57)60/h2-36,39-43,65,69H,37-38H2,1H3. The fraction of sp³-hybridized carbons (Fsp3) is 0.0597. The first-order valence-electron chi connectivity index (χ1n) is 24.0. The maximum absolute atomic E-state index is 11.9. The summed E-state index contributed by atoms with van der Waals surface area (Å²) in [5.74, 6) is 0. The molecule has 11 aromatic rings. The minimum Gasteiger partial charge on any atom is -0.388 e. The van der Waals surface area contributed by atoms with Crippen molar-refractivity contribution < 1.29 is 5.11 Å². The first-order chi connectivity index (χ1) is 34.0. The highest BCUT2D eigenvalue weighted by Gasteiger charge is 2.25. The fourth-order valence-electron chi connectivity index (χ4n) is 10.6. The van der Waals surface area contributed by atoms with E-state index in [-0.39, 0.29) is 0 Å². The van der Waals surface area contributed by atoms with Gasteiger partial charge in [-0.1, -0.05) is 212 Å². The molecule has 1 atom stereocenters. The van der Waals surface area contributed by atoms with Gasteiger partial charge < -0.3 is 5.11 Å². The number of aryl methyl sites for hydroxylation is 1. The van der Waals surface area contributed by atoms with Crippen LogP contribution in [0.1, 0.15) is 29.2 Å². The summed E-state index contributed by atoms with van der Waals surface area (Å²) in [7, 11) is 0. The minimum atomic E-state index is -0.611. The number of rotatable bonds is 6. The van der Waals surface area contributed by atoms with Crippen LogP contribution in [0.15, 0.2) is 243 Å². The average Bonchev–Trinajstić information content (AvgIpc) is 3.44. The molecule has 0 fully saturated rings. The van der Waals surface area contributed by atoms with Crippen molar-refractivity contribution in [2.24, 2.45) is 0 Å². The van der Waals surface area contributed by atoms with Gasteiger partial charge in [-0.3, -0.25) is 0 Å². The van der Waals surface area contributed by atoms with Gasteiger partial charge in [-0.25, -0.2) is 4.98 Å². The molecule has 328 valence electrons. The van der Waals surface area contributed by atoms with Crippen molar-refractivity contribution in [3.05, 3.63) is 259 Å². The summed E-state index contributed by atoms with van der Waals surface area (Å²) in [5.41, 5.74) is 23.6. The highest BCUT2D eigenvalue weighted by atomic mass is 16.3. The van der Waals surface area contributed by atoms with E-state index < -0.39 is 6.10 Å². The predicted octanol–water partition coefficient (Wildman–Crippen LogP) is 17.5. The summed E-state index contributed by atoms with van der Waals surface area (Å²) in [6, 6.07) is 87.5. The van der Waals surface area contributed by atoms with Crippen LogP contribution in [0.25, 0.3) is 111 Å². The maximum atomic E-state index is 11.9. The zero-order valence-corrected chi connectivity index (χ0v) is 38.5. The number of aliphatic hydroxyl groups excluding tert-OH is 1. The van der Waals surface area contributed by atoms with Crippen LogP contribution in [-0.4, -0.2) is 10.1 Å². The molecule has 12 rings (SSSR count). The average molecular weight is 884 g/mol. The molecule has 1 unspecified atom stereocenters. The van der Waals surface area contributed by atoms with Crippen LogP contribution in [0.5, 0.6) is 0 Å². The molecule has 10 aromatic carbocycles. The third kappa shape index (κ3) is 7.95. The summed E-state index contributed by atoms with van der Waals surface area (Å²) >= 11 is 0. The van der Waals surface area contributed by atoms with Crippen molar-refractivity contribution in [2.75, 3.05) is 0 Å². The van der Waals surface area contributed by atoms with Gasteiger partial charge in [-0.05, 0) is 155 Å². The summed E-state index contributed by atoms with van der Waals surface area (Å²) in [5, 5.41) is 14.3. The molecule has 0 saturated heterocycles. The van der Waals surface area contributed by atoms with Crippen molar-refractivity contribution in [2.45, 2.75) is 25.9 Å². The second kappa shape index (κ2) is 18.0. The molecule has 2 heteroatoms. The lowest BCUT2D eigenvalue weighted by molar-refractivity contribution is 0.168. The van der Waals surface area contributed by atoms with Gasteiger partial charge in [0.25, 0.3) is 0 Å². The second-order valence-electron chi connectivity index (χ2n) is 18.3. The predicted molar refractivity (Wildman–Crippen MR) is 289 cm³/mol. The maximum Gasteiger partial charge on any atom is 0.0799 e. The molecule has 1 aromatic heterocycles. The number of fused-ring (bicyclic) bond motifs is 8. The zero-order valence-electron chi connectivity index (χ0n) is 38.5. The van der Waals surface area contributed by atoms with Crippen molar-refractivity contribution in [1.82, 2.24) is 4.98 Å². The quantitative estimate of drug-likeness (QED) is 0.180. The van der Waals surface area contributed by atoms with Gasteiger partial charge >= 0.3 is 0 Å². The molecular formula is C67H49NO. The molecule has 1 aliphatic carbocycles. The minimum absolute atomic E-state index is 0.611. The summed E-state index contributed by atoms with van der Waals surface area (Å²) in [4.78, 5) is 5.42. The Labute approximate surface area is 404 Å². The van der Waals surface area contributed by atoms with Crippen LogP contribution in [0.4, 0.5) is 0 Å². The Morgan fingerprint density at radius 2 is 0.884 bits per heavy atom. The monoisotopic (exact) mass is 883 g/mol. The van der Waals surface area contributed by atoms with Crippen molar-refractivity contribution in [3.8, 4) is 100 Å². The smallest absolute Gasteiger partial charge is 0.0799 e. The normalized spacial score (nSPS) is 13.1. The molecule has 0 radical (unpaired) electrons. The van der Waals surface area contributed by atoms with E-state index in [0.717, 1.165) is 84.6 Å². The Bertz CT molecular complexity index is 3680. The molecule has 69 heavy (non-hydrogen) atoms. The SMILES string of the molecule is Cc1c(-c2ccc(-c3ccccc3)cc2)cc(-c2cccc(-c3cccc(-c4cccc5c4-c4cc6ccccc6cc4-c4ccccc4C(O)CCc4ccccc4-5)c3)c2)nc1-c1ccccc1. The van der Waals surface area contributed by atoms with Crippen molar-refractivity contribution in [1.29, 1.82) is 0 Å². The summed E-state index contributed by atoms with van der Waals surface area (Å²) in [6.07, 6.45) is 0.770. The van der Waals surface area contributed by atoms with E-state index in [1.807, 2.05) is 0 Å². The van der Waals surface area contributed by atoms with Gasteiger partial charge in [0.15, 0.2) is 0 Å². The van der Waals surface area contributed by atoms with E-state index in [1.54, 1.807) is 0 Å². The van der Waals surface area contributed by atoms with Crippen molar-refractivity contribution >= 4 is 10.8 Å². The Kier molecular flexibility index (Phi) is 10.9. The third-order valence-corrected chi connectivity index (χ3v) is 14.1. The molecule has 1 N–H and O–H groups in total. The Morgan fingerprint density at radius 3 is 1.64 bits per heavy atom. The van der Waals surface area contributed by atoms with Gasteiger partial charge in [-0.15, -0.1) is 0 Å². The molecule has 0 aliphatic heterocycles. The Morgan fingerprint density at radius 1 is 0.362 bits per heavy atom. The number of hydrogen-bond donors (Lipinski definition) is 1. The largest absolute Gasteiger partial charge is 0.388 e. The van der Waals surface area contributed by atoms with Crippen LogP contribution >= 0.6 is 0 Å². The number of aliphatic hydroxyl groups is 1. The molecule has 0 amide bonds. The van der Waals surface area contributed by atoms with Gasteiger partial charge in [0.2, 0.25) is 0 Å². The van der Waals surface area contributed by atoms with Crippen LogP contribution in [-0.2, 0) is 6.42 Å². The molecule has 0 saturated carbocycles. The van der Waals surface area contributed by atoms with E-state index in [9.17, 15) is 5.11 Å². The first kappa shape index (κ1) is 42.0. The third-order valence-electron chi connectivity index (χ3n) is 14.1. The molecular weight excluding hydrogens is 835 g/mol. The number of hydrogen-bond acceptors (Lipinski definition) is 2. The van der Waals surface area contributed by atoms with E-state index in [2.05, 4.69) is 250 Å². The highest BCUT2D eigenvalue weighted by Crippen LogP contribution is 2.49.